The number of rotatable bonds is 1. The number of hydrogen-bond acceptors (Lipinski definition) is 4. The van der Waals surface area contributed by atoms with Crippen LogP contribution in [0, 0.1) is 18.3 Å². The normalized spacial score (nSPS) is 24.7. The number of allylic oxidation sites excluding steroid dienone is 2. The van der Waals surface area contributed by atoms with Crippen LogP contribution in [0.25, 0.3) is 0 Å². The summed E-state index contributed by atoms with van der Waals surface area (Å²) in [5.74, 6) is 1.28. The maximum absolute atomic E-state index is 13.0. The molecule has 1 aliphatic carbocycles. The monoisotopic (exact) mass is 342 g/mol. The van der Waals surface area contributed by atoms with E-state index in [1.807, 2.05) is 35.9 Å². The Morgan fingerprint density at radius 1 is 1.38 bits per heavy atom. The van der Waals surface area contributed by atoms with Gasteiger partial charge in [-0.2, -0.15) is 10.1 Å². The smallest absolute Gasteiger partial charge is 0.226 e. The van der Waals surface area contributed by atoms with E-state index in [-0.39, 0.29) is 23.2 Å². The topological polar surface area (TPSA) is 59.8 Å². The zero-order chi connectivity index (χ0) is 17.1. The first-order valence-corrected chi connectivity index (χ1v) is 8.43. The number of aryl methyl sites for hydroxylation is 1. The summed E-state index contributed by atoms with van der Waals surface area (Å²) in [6, 6.07) is 7.42. The molecule has 2 aromatic rings. The summed E-state index contributed by atoms with van der Waals surface area (Å²) in [6.07, 6.45) is 2.67. The quantitative estimate of drug-likeness (QED) is 0.857. The molecule has 2 aliphatic rings. The first kappa shape index (κ1) is 15.4. The van der Waals surface area contributed by atoms with E-state index in [2.05, 4.69) is 35.3 Å². The van der Waals surface area contributed by atoms with Gasteiger partial charge in [-0.25, -0.2) is 4.68 Å². The predicted octanol–water partition coefficient (Wildman–Crippen LogP) is 3.75. The molecule has 2 heterocycles. The molecule has 0 saturated heterocycles. The molecular formula is C18H19ClN4O. The standard InChI is InChI=1S/C18H19ClN4O/c1-10-20-17-21-13-8-18(2,3)9-14(24)15(13)16(23(17)22-10)11-5-4-6-12(19)7-11/h4-8,15-16H,9H2,1-3H3,(H,20,21,22)/t15-,16-/m0/s1. The number of nitrogens with one attached hydrogen (secondary N) is 1. The Labute approximate surface area is 145 Å². The van der Waals surface area contributed by atoms with Crippen molar-refractivity contribution in [1.82, 2.24) is 14.8 Å². The van der Waals surface area contributed by atoms with E-state index in [1.54, 1.807) is 0 Å². The van der Waals surface area contributed by atoms with Crippen LogP contribution in [0.3, 0.4) is 0 Å². The average Bonchev–Trinajstić information content (AvgIpc) is 2.83. The summed E-state index contributed by atoms with van der Waals surface area (Å²) in [4.78, 5) is 17.4. The van der Waals surface area contributed by atoms with Gasteiger partial charge < -0.3 is 5.32 Å². The number of aromatic nitrogens is 3. The molecule has 4 rings (SSSR count). The minimum Gasteiger partial charge on any atom is -0.328 e. The Balaban J connectivity index is 1.93. The van der Waals surface area contributed by atoms with Crippen LogP contribution in [0.2, 0.25) is 5.02 Å². The number of nitrogens with zero attached hydrogens (tertiary/aromatic N) is 3. The van der Waals surface area contributed by atoms with Crippen molar-refractivity contribution in [2.24, 2.45) is 11.3 Å². The van der Waals surface area contributed by atoms with Crippen LogP contribution in [0.15, 0.2) is 36.0 Å². The second-order valence-electron chi connectivity index (χ2n) is 7.26. The molecular weight excluding hydrogens is 324 g/mol. The number of fused-ring (bicyclic) bond motifs is 2. The van der Waals surface area contributed by atoms with Crippen LogP contribution in [-0.2, 0) is 4.79 Å². The molecule has 0 spiro atoms. The van der Waals surface area contributed by atoms with Crippen LogP contribution in [-0.4, -0.2) is 20.5 Å². The van der Waals surface area contributed by atoms with Crippen LogP contribution in [0.4, 0.5) is 5.95 Å². The Bertz CT molecular complexity index is 868. The third kappa shape index (κ3) is 2.44. The summed E-state index contributed by atoms with van der Waals surface area (Å²) in [6.45, 7) is 6.01. The van der Waals surface area contributed by atoms with Crippen molar-refractivity contribution in [3.63, 3.8) is 0 Å². The average molecular weight is 343 g/mol. The molecule has 0 bridgehead atoms. The van der Waals surface area contributed by atoms with E-state index < -0.39 is 0 Å². The van der Waals surface area contributed by atoms with E-state index in [0.717, 1.165) is 11.3 Å². The van der Waals surface area contributed by atoms with Crippen molar-refractivity contribution in [1.29, 1.82) is 0 Å². The van der Waals surface area contributed by atoms with Crippen molar-refractivity contribution in [3.8, 4) is 0 Å². The zero-order valence-corrected chi connectivity index (χ0v) is 14.6. The molecule has 0 saturated carbocycles. The van der Waals surface area contributed by atoms with Gasteiger partial charge in [0.2, 0.25) is 5.95 Å². The van der Waals surface area contributed by atoms with Crippen molar-refractivity contribution in [2.45, 2.75) is 33.2 Å². The van der Waals surface area contributed by atoms with Crippen molar-refractivity contribution < 1.29 is 4.79 Å². The van der Waals surface area contributed by atoms with Gasteiger partial charge in [-0.15, -0.1) is 0 Å². The number of ketones is 1. The molecule has 0 fully saturated rings. The fraction of sp³-hybridized carbons (Fsp3) is 0.389. The third-order valence-electron chi connectivity index (χ3n) is 4.62. The van der Waals surface area contributed by atoms with Crippen molar-refractivity contribution in [3.05, 3.63) is 52.4 Å². The Hall–Kier alpha value is -2.14. The Morgan fingerprint density at radius 2 is 2.17 bits per heavy atom. The van der Waals surface area contributed by atoms with Crippen LogP contribution >= 0.6 is 11.6 Å². The first-order chi connectivity index (χ1) is 11.3. The molecule has 1 N–H and O–H groups in total. The van der Waals surface area contributed by atoms with Crippen molar-refractivity contribution >= 4 is 23.3 Å². The van der Waals surface area contributed by atoms with E-state index in [4.69, 9.17) is 11.6 Å². The highest BCUT2D eigenvalue weighted by atomic mass is 35.5. The largest absolute Gasteiger partial charge is 0.328 e. The molecule has 24 heavy (non-hydrogen) atoms. The second-order valence-corrected chi connectivity index (χ2v) is 7.70. The highest BCUT2D eigenvalue weighted by molar-refractivity contribution is 6.30. The van der Waals surface area contributed by atoms with Gasteiger partial charge in [0.05, 0.1) is 12.0 Å². The van der Waals surface area contributed by atoms with Gasteiger partial charge in [0.15, 0.2) is 0 Å². The number of carbonyl (C=O) groups is 1. The van der Waals surface area contributed by atoms with Crippen molar-refractivity contribution in [2.75, 3.05) is 5.32 Å². The van der Waals surface area contributed by atoms with Crippen LogP contribution in [0.1, 0.15) is 37.7 Å². The summed E-state index contributed by atoms with van der Waals surface area (Å²) < 4.78 is 1.82. The van der Waals surface area contributed by atoms with Crippen LogP contribution in [0.5, 0.6) is 0 Å². The number of benzene rings is 1. The summed E-state index contributed by atoms with van der Waals surface area (Å²) in [5, 5.41) is 8.49. The van der Waals surface area contributed by atoms with Gasteiger partial charge >= 0.3 is 0 Å². The Morgan fingerprint density at radius 3 is 2.92 bits per heavy atom. The molecule has 2 atom stereocenters. The molecule has 0 unspecified atom stereocenters. The zero-order valence-electron chi connectivity index (χ0n) is 13.9. The highest BCUT2D eigenvalue weighted by Crippen LogP contribution is 2.45. The lowest BCUT2D eigenvalue weighted by molar-refractivity contribution is -0.125. The maximum atomic E-state index is 13.0. The predicted molar refractivity (Wildman–Crippen MR) is 93.0 cm³/mol. The van der Waals surface area contributed by atoms with Gasteiger partial charge in [0.25, 0.3) is 0 Å². The molecule has 1 aliphatic heterocycles. The van der Waals surface area contributed by atoms with E-state index >= 15 is 0 Å². The minimum absolute atomic E-state index is 0.161. The van der Waals surface area contributed by atoms with E-state index in [0.29, 0.717) is 23.2 Å². The lowest BCUT2D eigenvalue weighted by atomic mass is 9.72. The van der Waals surface area contributed by atoms with E-state index in [9.17, 15) is 4.79 Å². The number of Topliss-reactive ketones (excluding diaryl/α,β-unsaturated/α-hetero) is 1. The summed E-state index contributed by atoms with van der Waals surface area (Å²) in [5.41, 5.74) is 1.73. The van der Waals surface area contributed by atoms with Gasteiger partial charge in [-0.3, -0.25) is 4.79 Å². The number of hydrogen-bond donors (Lipinski definition) is 1. The molecule has 6 heteroatoms. The molecule has 124 valence electrons. The summed E-state index contributed by atoms with van der Waals surface area (Å²) >= 11 is 6.19. The molecule has 1 aromatic carbocycles. The molecule has 1 aromatic heterocycles. The SMILES string of the molecule is Cc1nc2n(n1)[C@@H](c1cccc(Cl)c1)[C@@H]1C(=O)CC(C)(C)C=C1N2. The number of anilines is 1. The minimum atomic E-state index is -0.287. The van der Waals surface area contributed by atoms with E-state index in [1.165, 1.54) is 0 Å². The fourth-order valence-corrected chi connectivity index (χ4v) is 3.96. The number of halogens is 1. The highest BCUT2D eigenvalue weighted by Gasteiger charge is 2.44. The summed E-state index contributed by atoms with van der Waals surface area (Å²) in [7, 11) is 0. The lowest BCUT2D eigenvalue weighted by Crippen LogP contribution is -2.42. The number of carbonyl (C=O) groups excluding carboxylic acids is 1. The molecule has 5 nitrogen and oxygen atoms in total. The Kier molecular flexibility index (Phi) is 3.32. The third-order valence-corrected chi connectivity index (χ3v) is 4.86. The second kappa shape index (κ2) is 5.18. The van der Waals surface area contributed by atoms with Gasteiger partial charge in [-0.1, -0.05) is 43.7 Å². The van der Waals surface area contributed by atoms with Crippen LogP contribution < -0.4 is 5.32 Å². The van der Waals surface area contributed by atoms with Gasteiger partial charge in [-0.05, 0) is 30.0 Å². The molecule has 0 amide bonds. The van der Waals surface area contributed by atoms with Gasteiger partial charge in [0, 0.05) is 17.1 Å². The lowest BCUT2D eigenvalue weighted by Gasteiger charge is -2.40. The van der Waals surface area contributed by atoms with Gasteiger partial charge in [0.1, 0.15) is 11.6 Å². The first-order valence-electron chi connectivity index (χ1n) is 8.05. The maximum Gasteiger partial charge on any atom is 0.226 e. The molecule has 0 radical (unpaired) electrons. The fourth-order valence-electron chi connectivity index (χ4n) is 3.76.